The molecule has 0 unspecified atom stereocenters. The Kier molecular flexibility index (Phi) is 14.4. The molecule has 0 N–H and O–H groups in total. The molecule has 0 atom stereocenters. The Morgan fingerprint density at radius 1 is 1.08 bits per heavy atom. The van der Waals surface area contributed by atoms with Crippen LogP contribution in [0.2, 0.25) is 0 Å². The molecule has 13 heavy (non-hydrogen) atoms. The second-order valence-corrected chi connectivity index (χ2v) is 2.17. The minimum atomic E-state index is -0.646. The van der Waals surface area contributed by atoms with Gasteiger partial charge >= 0.3 is 30.8 Å². The van der Waals surface area contributed by atoms with Crippen LogP contribution in [0.4, 0.5) is 0 Å². The van der Waals surface area contributed by atoms with Gasteiger partial charge in [0.05, 0.1) is 6.42 Å². The number of carbonyl (C=O) groups excluding carboxylic acids is 3. The fourth-order valence-corrected chi connectivity index (χ4v) is 0.489. The van der Waals surface area contributed by atoms with Crippen LogP contribution >= 0.6 is 0 Å². The van der Waals surface area contributed by atoms with Crippen LogP contribution in [0.3, 0.4) is 0 Å². The molecule has 0 aromatic rings. The second kappa shape index (κ2) is 10.0. The van der Waals surface area contributed by atoms with Crippen molar-refractivity contribution in [2.45, 2.75) is 26.7 Å². The van der Waals surface area contributed by atoms with Gasteiger partial charge < -0.3 is 9.53 Å². The molecule has 0 aromatic carbocycles. The Labute approximate surface area is 99.7 Å². The molecule has 0 saturated carbocycles. The van der Waals surface area contributed by atoms with Crippen molar-refractivity contribution >= 4 is 53.9 Å². The summed E-state index contributed by atoms with van der Waals surface area (Å²) in [6, 6.07) is 0. The summed E-state index contributed by atoms with van der Waals surface area (Å²) in [5.74, 6) is -1.38. The number of hydrogen-bond donors (Lipinski definition) is 0. The summed E-state index contributed by atoms with van der Waals surface area (Å²) in [5, 5.41) is 0. The van der Waals surface area contributed by atoms with Crippen LogP contribution < -0.4 is 0 Å². The summed E-state index contributed by atoms with van der Waals surface area (Å²) in [4.78, 5) is 31.1. The molecule has 0 heterocycles. The predicted octanol–water partition coefficient (Wildman–Crippen LogP) is -1.39. The monoisotopic (exact) mass is 196 g/mol. The minimum absolute atomic E-state index is 0. The van der Waals surface area contributed by atoms with Gasteiger partial charge in [-0.05, 0) is 6.92 Å². The molecule has 0 aromatic heterocycles. The van der Waals surface area contributed by atoms with Crippen LogP contribution in [0.5, 0.6) is 0 Å². The molecule has 4 nitrogen and oxygen atoms in total. The summed E-state index contributed by atoms with van der Waals surface area (Å²) in [7, 11) is 0. The Hall–Kier alpha value is -0.0601. The van der Waals surface area contributed by atoms with Gasteiger partial charge in [-0.15, -0.1) is 0 Å². The van der Waals surface area contributed by atoms with E-state index in [9.17, 15) is 14.4 Å². The van der Waals surface area contributed by atoms with E-state index in [1.165, 1.54) is 6.92 Å². The number of rotatable bonds is 3. The second-order valence-electron chi connectivity index (χ2n) is 2.17. The fourth-order valence-electron chi connectivity index (χ4n) is 0.489. The van der Waals surface area contributed by atoms with Crippen LogP contribution in [-0.2, 0) is 19.1 Å². The average molecular weight is 196 g/mol. The SMILES string of the molecule is CC(=O)CCC(=O)OC(C)=O.[AlH3].[LiH]. The summed E-state index contributed by atoms with van der Waals surface area (Å²) in [5.41, 5.74) is 0. The Morgan fingerprint density at radius 2 is 1.54 bits per heavy atom. The van der Waals surface area contributed by atoms with E-state index < -0.39 is 11.9 Å². The van der Waals surface area contributed by atoms with Gasteiger partial charge in [0.25, 0.3) is 0 Å². The van der Waals surface area contributed by atoms with Gasteiger partial charge in [0.15, 0.2) is 17.4 Å². The van der Waals surface area contributed by atoms with E-state index in [1.807, 2.05) is 0 Å². The Balaban J connectivity index is -0.000000500. The summed E-state index contributed by atoms with van der Waals surface area (Å²) >= 11 is 0. The number of esters is 2. The average Bonchev–Trinajstić information content (AvgIpc) is 1.82. The van der Waals surface area contributed by atoms with Crippen LogP contribution in [0.25, 0.3) is 0 Å². The van der Waals surface area contributed by atoms with Crippen molar-refractivity contribution in [1.82, 2.24) is 0 Å². The van der Waals surface area contributed by atoms with E-state index in [4.69, 9.17) is 0 Å². The molecule has 0 rings (SSSR count). The van der Waals surface area contributed by atoms with E-state index in [0.717, 1.165) is 6.92 Å². The molecular formula is C7H14AlLiO4. The first-order chi connectivity index (χ1) is 5.02. The maximum absolute atomic E-state index is 10.6. The summed E-state index contributed by atoms with van der Waals surface area (Å²) in [6.07, 6.45) is 0.112. The third-order valence-corrected chi connectivity index (χ3v) is 0.939. The van der Waals surface area contributed by atoms with Gasteiger partial charge in [-0.2, -0.15) is 0 Å². The van der Waals surface area contributed by atoms with Crippen molar-refractivity contribution in [3.05, 3.63) is 0 Å². The number of ketones is 1. The summed E-state index contributed by atoms with van der Waals surface area (Å²) in [6.45, 7) is 2.52. The van der Waals surface area contributed by atoms with Crippen molar-refractivity contribution in [2.75, 3.05) is 0 Å². The normalized spacial score (nSPS) is 7.54. The molecule has 0 aliphatic rings. The van der Waals surface area contributed by atoms with Crippen molar-refractivity contribution in [1.29, 1.82) is 0 Å². The van der Waals surface area contributed by atoms with Crippen molar-refractivity contribution in [2.24, 2.45) is 0 Å². The topological polar surface area (TPSA) is 60.4 Å². The molecule has 0 aliphatic carbocycles. The van der Waals surface area contributed by atoms with Crippen LogP contribution in [0, 0.1) is 0 Å². The maximum atomic E-state index is 10.6. The first-order valence-electron chi connectivity index (χ1n) is 3.23. The quantitative estimate of drug-likeness (QED) is 0.317. The van der Waals surface area contributed by atoms with Crippen LogP contribution in [-0.4, -0.2) is 53.9 Å². The standard InChI is InChI=1S/C7H10O4.Al.Li.4H/c1-5(8)3-4-7(10)11-6(2)9;;;;;;/h3-4H2,1-2H3;;;;;;. The predicted molar refractivity (Wildman–Crippen MR) is 53.8 cm³/mol. The molecule has 0 radical (unpaired) electrons. The number of ether oxygens (including phenoxy) is 1. The third kappa shape index (κ3) is 14.8. The molecule has 0 amide bonds. The fraction of sp³-hybridized carbons (Fsp3) is 0.571. The molecule has 0 bridgehead atoms. The van der Waals surface area contributed by atoms with E-state index in [-0.39, 0.29) is 54.8 Å². The molecule has 0 spiro atoms. The van der Waals surface area contributed by atoms with Gasteiger partial charge in [0.1, 0.15) is 5.78 Å². The van der Waals surface area contributed by atoms with Crippen LogP contribution in [0.1, 0.15) is 26.7 Å². The number of carbonyl (C=O) groups is 3. The van der Waals surface area contributed by atoms with Gasteiger partial charge in [0, 0.05) is 13.3 Å². The molecular weight excluding hydrogens is 182 g/mol. The molecule has 6 heteroatoms. The van der Waals surface area contributed by atoms with Gasteiger partial charge in [0.2, 0.25) is 0 Å². The molecule has 0 fully saturated rings. The van der Waals surface area contributed by atoms with E-state index in [1.54, 1.807) is 0 Å². The first-order valence-corrected chi connectivity index (χ1v) is 3.23. The third-order valence-electron chi connectivity index (χ3n) is 0.939. The van der Waals surface area contributed by atoms with E-state index in [2.05, 4.69) is 4.74 Å². The van der Waals surface area contributed by atoms with Gasteiger partial charge in [-0.1, -0.05) is 0 Å². The first kappa shape index (κ1) is 18.7. The van der Waals surface area contributed by atoms with Crippen molar-refractivity contribution < 1.29 is 19.1 Å². The summed E-state index contributed by atoms with van der Waals surface area (Å²) < 4.78 is 4.17. The number of hydrogen-bond acceptors (Lipinski definition) is 4. The molecule has 70 valence electrons. The zero-order valence-corrected chi connectivity index (χ0v) is 6.55. The Morgan fingerprint density at radius 3 is 1.85 bits per heavy atom. The molecule has 0 aliphatic heterocycles. The van der Waals surface area contributed by atoms with Crippen LogP contribution in [0.15, 0.2) is 0 Å². The van der Waals surface area contributed by atoms with Gasteiger partial charge in [-0.25, -0.2) is 0 Å². The number of Topliss-reactive ketones (excluding diaryl/α,β-unsaturated/α-hetero) is 1. The Bertz CT molecular complexity index is 193. The molecule has 0 saturated heterocycles. The zero-order valence-electron chi connectivity index (χ0n) is 6.55. The van der Waals surface area contributed by atoms with Crippen molar-refractivity contribution in [3.8, 4) is 0 Å². The van der Waals surface area contributed by atoms with E-state index in [0.29, 0.717) is 0 Å². The van der Waals surface area contributed by atoms with Crippen molar-refractivity contribution in [3.63, 3.8) is 0 Å². The van der Waals surface area contributed by atoms with E-state index >= 15 is 0 Å². The zero-order chi connectivity index (χ0) is 8.85. The van der Waals surface area contributed by atoms with Gasteiger partial charge in [-0.3, -0.25) is 9.59 Å².